The van der Waals surface area contributed by atoms with E-state index in [-0.39, 0.29) is 5.25 Å². The predicted octanol–water partition coefficient (Wildman–Crippen LogP) is 3.32. The highest BCUT2D eigenvalue weighted by molar-refractivity contribution is 8.00. The number of tetrazole rings is 1. The van der Waals surface area contributed by atoms with Gasteiger partial charge in [0.2, 0.25) is 5.16 Å². The van der Waals surface area contributed by atoms with Crippen molar-refractivity contribution in [1.82, 2.24) is 20.2 Å². The number of hydrogen-bond acceptors (Lipinski definition) is 5. The van der Waals surface area contributed by atoms with E-state index in [1.54, 1.807) is 0 Å². The van der Waals surface area contributed by atoms with Gasteiger partial charge in [0.05, 0.1) is 12.1 Å². The van der Waals surface area contributed by atoms with Crippen LogP contribution in [-0.2, 0) is 6.42 Å². The van der Waals surface area contributed by atoms with Gasteiger partial charge in [-0.25, -0.2) is 4.68 Å². The lowest BCUT2D eigenvalue weighted by atomic mass is 10.1. The van der Waals surface area contributed by atoms with E-state index in [4.69, 9.17) is 0 Å². The van der Waals surface area contributed by atoms with Gasteiger partial charge < -0.3 is 0 Å². The van der Waals surface area contributed by atoms with Crippen molar-refractivity contribution in [3.8, 4) is 6.07 Å². The van der Waals surface area contributed by atoms with Crippen molar-refractivity contribution in [1.29, 1.82) is 5.26 Å². The minimum absolute atomic E-state index is 0.172. The Hall–Kier alpha value is -1.87. The molecule has 1 fully saturated rings. The maximum atomic E-state index is 9.45. The fourth-order valence-electron chi connectivity index (χ4n) is 2.82. The molecule has 0 N–H and O–H groups in total. The van der Waals surface area contributed by atoms with Gasteiger partial charge in [0.25, 0.3) is 0 Å². The highest BCUT2D eigenvalue weighted by atomic mass is 32.2. The summed E-state index contributed by atoms with van der Waals surface area (Å²) in [5.41, 5.74) is 2.40. The maximum absolute atomic E-state index is 9.45. The molecule has 1 aliphatic carbocycles. The van der Waals surface area contributed by atoms with Crippen molar-refractivity contribution < 1.29 is 0 Å². The Morgan fingerprint density at radius 2 is 2.05 bits per heavy atom. The summed E-state index contributed by atoms with van der Waals surface area (Å²) in [6.07, 6.45) is 5.44. The van der Waals surface area contributed by atoms with E-state index in [0.29, 0.717) is 12.5 Å². The molecule has 1 aromatic carbocycles. The average molecular weight is 313 g/mol. The molecule has 1 heterocycles. The summed E-state index contributed by atoms with van der Waals surface area (Å²) in [5, 5.41) is 22.1. The van der Waals surface area contributed by atoms with Crippen LogP contribution in [0.1, 0.15) is 42.9 Å². The average Bonchev–Trinajstić information content (AvgIpc) is 3.19. The standard InChI is InChI=1S/C16H19N5S/c1-12-6-8-13(9-7-12)10-15(11-17)22-16-18-19-20-21(16)14-4-2-3-5-14/h6-9,14-15H,2-5,10H2,1H3/t15-/m1/s1. The summed E-state index contributed by atoms with van der Waals surface area (Å²) >= 11 is 1.47. The van der Waals surface area contributed by atoms with Gasteiger partial charge in [0, 0.05) is 0 Å². The van der Waals surface area contributed by atoms with Crippen molar-refractivity contribution in [2.45, 2.75) is 55.5 Å². The minimum Gasteiger partial charge on any atom is -0.217 e. The molecule has 0 radical (unpaired) electrons. The van der Waals surface area contributed by atoms with Crippen LogP contribution in [0, 0.1) is 18.3 Å². The smallest absolute Gasteiger partial charge is 0.210 e. The van der Waals surface area contributed by atoms with Gasteiger partial charge in [-0.05, 0) is 42.2 Å². The Morgan fingerprint density at radius 1 is 1.32 bits per heavy atom. The zero-order valence-corrected chi connectivity index (χ0v) is 13.5. The molecule has 0 aliphatic heterocycles. The number of hydrogen-bond donors (Lipinski definition) is 0. The summed E-state index contributed by atoms with van der Waals surface area (Å²) in [6, 6.07) is 11.1. The van der Waals surface area contributed by atoms with Gasteiger partial charge in [0.1, 0.15) is 5.25 Å². The first-order chi connectivity index (χ1) is 10.8. The molecule has 1 aromatic heterocycles. The Kier molecular flexibility index (Phi) is 4.74. The van der Waals surface area contributed by atoms with Crippen molar-refractivity contribution >= 4 is 11.8 Å². The van der Waals surface area contributed by atoms with Crippen LogP contribution in [0.5, 0.6) is 0 Å². The van der Waals surface area contributed by atoms with E-state index in [1.807, 2.05) is 4.68 Å². The van der Waals surface area contributed by atoms with Crippen molar-refractivity contribution in [2.24, 2.45) is 0 Å². The van der Waals surface area contributed by atoms with Crippen molar-refractivity contribution in [3.05, 3.63) is 35.4 Å². The molecule has 0 saturated heterocycles. The zero-order chi connectivity index (χ0) is 15.4. The Morgan fingerprint density at radius 3 is 2.73 bits per heavy atom. The molecule has 0 amide bonds. The number of nitriles is 1. The van der Waals surface area contributed by atoms with Crippen LogP contribution >= 0.6 is 11.8 Å². The fraction of sp³-hybridized carbons (Fsp3) is 0.500. The highest BCUT2D eigenvalue weighted by Gasteiger charge is 2.23. The lowest BCUT2D eigenvalue weighted by molar-refractivity contribution is 0.423. The molecule has 114 valence electrons. The number of thioether (sulfide) groups is 1. The maximum Gasteiger partial charge on any atom is 0.210 e. The SMILES string of the molecule is Cc1ccc(C[C@H](C#N)Sc2nnnn2C2CCCC2)cc1. The number of aromatic nitrogens is 4. The molecule has 3 rings (SSSR count). The second-order valence-electron chi connectivity index (χ2n) is 5.77. The number of benzene rings is 1. The molecule has 0 spiro atoms. The second-order valence-corrected chi connectivity index (χ2v) is 6.94. The molecular weight excluding hydrogens is 294 g/mol. The van der Waals surface area contributed by atoms with E-state index < -0.39 is 0 Å². The normalized spacial score (nSPS) is 16.5. The lowest BCUT2D eigenvalue weighted by Gasteiger charge is -2.13. The highest BCUT2D eigenvalue weighted by Crippen LogP contribution is 2.33. The first-order valence-electron chi connectivity index (χ1n) is 7.66. The van der Waals surface area contributed by atoms with Crippen LogP contribution in [0.25, 0.3) is 0 Å². The van der Waals surface area contributed by atoms with Gasteiger partial charge >= 0.3 is 0 Å². The zero-order valence-electron chi connectivity index (χ0n) is 12.6. The number of rotatable bonds is 5. The molecule has 0 unspecified atom stereocenters. The Balaban J connectivity index is 1.69. The second kappa shape index (κ2) is 6.93. The first kappa shape index (κ1) is 15.0. The molecule has 0 bridgehead atoms. The first-order valence-corrected chi connectivity index (χ1v) is 8.54. The van der Waals surface area contributed by atoms with Gasteiger partial charge in [0.15, 0.2) is 0 Å². The largest absolute Gasteiger partial charge is 0.217 e. The Bertz CT molecular complexity index is 652. The quantitative estimate of drug-likeness (QED) is 0.792. The topological polar surface area (TPSA) is 67.4 Å². The van der Waals surface area contributed by atoms with E-state index in [2.05, 4.69) is 52.8 Å². The molecule has 5 nitrogen and oxygen atoms in total. The third-order valence-corrected chi connectivity index (χ3v) is 5.10. The van der Waals surface area contributed by atoms with Crippen LogP contribution in [0.4, 0.5) is 0 Å². The van der Waals surface area contributed by atoms with Crippen molar-refractivity contribution in [3.63, 3.8) is 0 Å². The minimum atomic E-state index is -0.172. The Labute approximate surface area is 134 Å². The van der Waals surface area contributed by atoms with Crippen LogP contribution in [0.3, 0.4) is 0 Å². The van der Waals surface area contributed by atoms with Crippen LogP contribution in [0.2, 0.25) is 0 Å². The van der Waals surface area contributed by atoms with E-state index in [0.717, 1.165) is 18.0 Å². The van der Waals surface area contributed by atoms with Crippen LogP contribution in [0.15, 0.2) is 29.4 Å². The summed E-state index contributed by atoms with van der Waals surface area (Å²) in [7, 11) is 0. The molecule has 1 aliphatic rings. The van der Waals surface area contributed by atoms with Gasteiger partial charge in [-0.3, -0.25) is 0 Å². The van der Waals surface area contributed by atoms with E-state index in [9.17, 15) is 5.26 Å². The predicted molar refractivity (Wildman–Crippen MR) is 85.5 cm³/mol. The molecule has 6 heteroatoms. The third kappa shape index (κ3) is 3.47. The third-order valence-electron chi connectivity index (χ3n) is 4.07. The molecule has 1 saturated carbocycles. The van der Waals surface area contributed by atoms with Gasteiger partial charge in [-0.1, -0.05) is 54.4 Å². The monoisotopic (exact) mass is 313 g/mol. The molecule has 2 aromatic rings. The van der Waals surface area contributed by atoms with E-state index in [1.165, 1.54) is 35.7 Å². The van der Waals surface area contributed by atoms with Gasteiger partial charge in [-0.15, -0.1) is 5.10 Å². The summed E-state index contributed by atoms with van der Waals surface area (Å²) in [4.78, 5) is 0. The molecule has 22 heavy (non-hydrogen) atoms. The van der Waals surface area contributed by atoms with Crippen molar-refractivity contribution in [2.75, 3.05) is 0 Å². The molecule has 1 atom stereocenters. The summed E-state index contributed by atoms with van der Waals surface area (Å²) in [5.74, 6) is 0. The van der Waals surface area contributed by atoms with Gasteiger partial charge in [-0.2, -0.15) is 5.26 Å². The fourth-order valence-corrected chi connectivity index (χ4v) is 3.78. The van der Waals surface area contributed by atoms with Crippen LogP contribution in [-0.4, -0.2) is 25.5 Å². The lowest BCUT2D eigenvalue weighted by Crippen LogP contribution is -2.11. The van der Waals surface area contributed by atoms with Crippen LogP contribution < -0.4 is 0 Å². The summed E-state index contributed by atoms with van der Waals surface area (Å²) < 4.78 is 1.91. The number of aryl methyl sites for hydroxylation is 1. The van der Waals surface area contributed by atoms with E-state index >= 15 is 0 Å². The summed E-state index contributed by atoms with van der Waals surface area (Å²) in [6.45, 7) is 2.07. The number of nitrogens with zero attached hydrogens (tertiary/aromatic N) is 5. The molecular formula is C16H19N5S.